The number of hydrogen-bond acceptors (Lipinski definition) is 3. The van der Waals surface area contributed by atoms with E-state index in [2.05, 4.69) is 9.88 Å². The minimum atomic E-state index is 0.272. The number of rotatable bonds is 4. The molecule has 0 aromatic carbocycles. The molecule has 1 atom stereocenters. The summed E-state index contributed by atoms with van der Waals surface area (Å²) in [5.74, 6) is 0. The van der Waals surface area contributed by atoms with Gasteiger partial charge in [0.05, 0.1) is 10.7 Å². The van der Waals surface area contributed by atoms with E-state index in [1.165, 1.54) is 12.8 Å². The van der Waals surface area contributed by atoms with Crippen LogP contribution in [0.25, 0.3) is 0 Å². The van der Waals surface area contributed by atoms with Gasteiger partial charge in [-0.1, -0.05) is 11.6 Å². The SMILES string of the molecule is OCCCC1CCCN1c1ccncc1Cl. The zero-order valence-corrected chi connectivity index (χ0v) is 10.0. The summed E-state index contributed by atoms with van der Waals surface area (Å²) < 4.78 is 0. The number of aromatic nitrogens is 1. The molecule has 1 unspecified atom stereocenters. The van der Waals surface area contributed by atoms with Gasteiger partial charge in [0.15, 0.2) is 0 Å². The average molecular weight is 241 g/mol. The van der Waals surface area contributed by atoms with Crippen LogP contribution in [-0.4, -0.2) is 29.3 Å². The van der Waals surface area contributed by atoms with Gasteiger partial charge in [-0.3, -0.25) is 4.98 Å². The van der Waals surface area contributed by atoms with Gasteiger partial charge >= 0.3 is 0 Å². The first kappa shape index (κ1) is 11.7. The Labute approximate surface area is 101 Å². The summed E-state index contributed by atoms with van der Waals surface area (Å²) in [5.41, 5.74) is 1.08. The highest BCUT2D eigenvalue weighted by molar-refractivity contribution is 6.33. The molecule has 1 aromatic heterocycles. The molecule has 1 aromatic rings. The maximum atomic E-state index is 8.88. The fourth-order valence-corrected chi connectivity index (χ4v) is 2.61. The van der Waals surface area contributed by atoms with E-state index in [9.17, 15) is 0 Å². The first-order valence-corrected chi connectivity index (χ1v) is 6.17. The molecule has 1 fully saturated rings. The lowest BCUT2D eigenvalue weighted by Crippen LogP contribution is -2.29. The van der Waals surface area contributed by atoms with E-state index < -0.39 is 0 Å². The Kier molecular flexibility index (Phi) is 4.02. The summed E-state index contributed by atoms with van der Waals surface area (Å²) in [6, 6.07) is 2.49. The lowest BCUT2D eigenvalue weighted by Gasteiger charge is -2.27. The van der Waals surface area contributed by atoms with E-state index in [0.717, 1.165) is 30.1 Å². The van der Waals surface area contributed by atoms with Gasteiger partial charge in [0.25, 0.3) is 0 Å². The van der Waals surface area contributed by atoms with Crippen LogP contribution in [0.5, 0.6) is 0 Å². The Morgan fingerprint density at radius 1 is 1.56 bits per heavy atom. The largest absolute Gasteiger partial charge is 0.396 e. The second-order valence-electron chi connectivity index (χ2n) is 4.18. The maximum Gasteiger partial charge on any atom is 0.0822 e. The Hall–Kier alpha value is -0.800. The second kappa shape index (κ2) is 5.51. The third-order valence-electron chi connectivity index (χ3n) is 3.13. The molecule has 88 valence electrons. The molecule has 0 amide bonds. The van der Waals surface area contributed by atoms with E-state index in [1.54, 1.807) is 12.4 Å². The highest BCUT2D eigenvalue weighted by Crippen LogP contribution is 2.32. The van der Waals surface area contributed by atoms with Crippen molar-refractivity contribution < 1.29 is 5.11 Å². The van der Waals surface area contributed by atoms with Crippen LogP contribution < -0.4 is 4.90 Å². The first-order valence-electron chi connectivity index (χ1n) is 5.80. The van der Waals surface area contributed by atoms with E-state index in [-0.39, 0.29) is 6.61 Å². The number of halogens is 1. The molecule has 0 aliphatic carbocycles. The molecule has 16 heavy (non-hydrogen) atoms. The number of hydrogen-bond donors (Lipinski definition) is 1. The quantitative estimate of drug-likeness (QED) is 0.879. The molecule has 1 aliphatic rings. The van der Waals surface area contributed by atoms with Gasteiger partial charge in [-0.25, -0.2) is 0 Å². The van der Waals surface area contributed by atoms with E-state index >= 15 is 0 Å². The normalized spacial score (nSPS) is 20.4. The van der Waals surface area contributed by atoms with Gasteiger partial charge in [0.2, 0.25) is 0 Å². The molecular weight excluding hydrogens is 224 g/mol. The van der Waals surface area contributed by atoms with Crippen LogP contribution >= 0.6 is 11.6 Å². The van der Waals surface area contributed by atoms with Crippen molar-refractivity contribution >= 4 is 17.3 Å². The van der Waals surface area contributed by atoms with Crippen LogP contribution in [0.3, 0.4) is 0 Å². The smallest absolute Gasteiger partial charge is 0.0822 e. The fourth-order valence-electron chi connectivity index (χ4n) is 2.38. The summed E-state index contributed by atoms with van der Waals surface area (Å²) >= 11 is 6.15. The highest BCUT2D eigenvalue weighted by Gasteiger charge is 2.25. The van der Waals surface area contributed by atoms with Gasteiger partial charge in [0.1, 0.15) is 0 Å². The first-order chi connectivity index (χ1) is 7.83. The number of aliphatic hydroxyl groups excluding tert-OH is 1. The second-order valence-corrected chi connectivity index (χ2v) is 4.59. The topological polar surface area (TPSA) is 36.4 Å². The number of pyridine rings is 1. The van der Waals surface area contributed by atoms with Crippen molar-refractivity contribution in [3.8, 4) is 0 Å². The van der Waals surface area contributed by atoms with Gasteiger partial charge in [-0.05, 0) is 31.7 Å². The summed E-state index contributed by atoms with van der Waals surface area (Å²) in [6.45, 7) is 1.33. The van der Waals surface area contributed by atoms with Gasteiger partial charge in [-0.15, -0.1) is 0 Å². The summed E-state index contributed by atoms with van der Waals surface area (Å²) in [7, 11) is 0. The van der Waals surface area contributed by atoms with Crippen LogP contribution in [0.4, 0.5) is 5.69 Å². The van der Waals surface area contributed by atoms with E-state index in [1.807, 2.05) is 6.07 Å². The van der Waals surface area contributed by atoms with E-state index in [0.29, 0.717) is 6.04 Å². The molecule has 0 bridgehead atoms. The molecule has 2 heterocycles. The molecule has 0 spiro atoms. The standard InChI is InChI=1S/C12H17ClN2O/c13-11-9-14-6-5-12(11)15-7-1-3-10(15)4-2-8-16/h5-6,9-10,16H,1-4,7-8H2. The van der Waals surface area contributed by atoms with Crippen molar-refractivity contribution in [2.24, 2.45) is 0 Å². The third-order valence-corrected chi connectivity index (χ3v) is 3.42. The van der Waals surface area contributed by atoms with E-state index in [4.69, 9.17) is 16.7 Å². The fraction of sp³-hybridized carbons (Fsp3) is 0.583. The molecule has 2 rings (SSSR count). The van der Waals surface area contributed by atoms with Crippen LogP contribution in [0.15, 0.2) is 18.5 Å². The zero-order valence-electron chi connectivity index (χ0n) is 9.27. The minimum absolute atomic E-state index is 0.272. The monoisotopic (exact) mass is 240 g/mol. The number of aliphatic hydroxyl groups is 1. The van der Waals surface area contributed by atoms with Crippen LogP contribution in [0.1, 0.15) is 25.7 Å². The van der Waals surface area contributed by atoms with Crippen LogP contribution in [0, 0.1) is 0 Å². The Bertz CT molecular complexity index is 346. The number of anilines is 1. The van der Waals surface area contributed by atoms with Crippen molar-refractivity contribution in [1.29, 1.82) is 0 Å². The van der Waals surface area contributed by atoms with Crippen molar-refractivity contribution in [3.63, 3.8) is 0 Å². The Morgan fingerprint density at radius 3 is 3.19 bits per heavy atom. The molecule has 0 radical (unpaired) electrons. The molecule has 1 N–H and O–H groups in total. The molecule has 3 nitrogen and oxygen atoms in total. The summed E-state index contributed by atoms with van der Waals surface area (Å²) in [6.07, 6.45) is 7.77. The summed E-state index contributed by atoms with van der Waals surface area (Å²) in [5, 5.41) is 9.60. The maximum absolute atomic E-state index is 8.88. The van der Waals surface area contributed by atoms with Crippen molar-refractivity contribution in [2.45, 2.75) is 31.7 Å². The molecule has 0 saturated carbocycles. The van der Waals surface area contributed by atoms with Crippen molar-refractivity contribution in [2.75, 3.05) is 18.1 Å². The Balaban J connectivity index is 2.10. The molecule has 1 saturated heterocycles. The molecular formula is C12H17ClN2O. The minimum Gasteiger partial charge on any atom is -0.396 e. The van der Waals surface area contributed by atoms with Crippen LogP contribution in [-0.2, 0) is 0 Å². The van der Waals surface area contributed by atoms with Gasteiger partial charge in [0, 0.05) is 31.6 Å². The molecule has 4 heteroatoms. The lowest BCUT2D eigenvalue weighted by molar-refractivity contribution is 0.279. The van der Waals surface area contributed by atoms with Crippen molar-refractivity contribution in [3.05, 3.63) is 23.5 Å². The van der Waals surface area contributed by atoms with Crippen LogP contribution in [0.2, 0.25) is 5.02 Å². The van der Waals surface area contributed by atoms with Crippen molar-refractivity contribution in [1.82, 2.24) is 4.98 Å². The van der Waals surface area contributed by atoms with Gasteiger partial charge in [-0.2, -0.15) is 0 Å². The zero-order chi connectivity index (χ0) is 11.4. The lowest BCUT2D eigenvalue weighted by atomic mass is 10.1. The number of nitrogens with zero attached hydrogens (tertiary/aromatic N) is 2. The third kappa shape index (κ3) is 2.47. The Morgan fingerprint density at radius 2 is 2.44 bits per heavy atom. The molecule has 1 aliphatic heterocycles. The average Bonchev–Trinajstić information content (AvgIpc) is 2.75. The predicted molar refractivity (Wildman–Crippen MR) is 65.9 cm³/mol. The highest BCUT2D eigenvalue weighted by atomic mass is 35.5. The summed E-state index contributed by atoms with van der Waals surface area (Å²) in [4.78, 5) is 6.35. The van der Waals surface area contributed by atoms with Gasteiger partial charge < -0.3 is 10.0 Å². The predicted octanol–water partition coefficient (Wildman–Crippen LogP) is 2.48.